The number of carbonyl (C=O) groups is 1. The van der Waals surface area contributed by atoms with Gasteiger partial charge in [-0.15, -0.1) is 0 Å². The number of hydrogen-bond donors (Lipinski definition) is 1. The third-order valence-electron chi connectivity index (χ3n) is 2.34. The number of Topliss-reactive ketones (excluding diaryl/α,β-unsaturated/α-hetero) is 1. The highest BCUT2D eigenvalue weighted by Crippen LogP contribution is 2.24. The van der Waals surface area contributed by atoms with E-state index in [1.54, 1.807) is 13.2 Å². The van der Waals surface area contributed by atoms with Gasteiger partial charge in [0.2, 0.25) is 0 Å². The first-order valence-electron chi connectivity index (χ1n) is 4.72. The van der Waals surface area contributed by atoms with Crippen molar-refractivity contribution >= 4 is 21.7 Å². The van der Waals surface area contributed by atoms with E-state index in [9.17, 15) is 4.79 Å². The average molecular weight is 274 g/mol. The highest BCUT2D eigenvalue weighted by Gasteiger charge is 2.31. The zero-order valence-electron chi connectivity index (χ0n) is 9.41. The van der Waals surface area contributed by atoms with Crippen LogP contribution in [0.4, 0.5) is 0 Å². The van der Waals surface area contributed by atoms with Gasteiger partial charge in [-0.2, -0.15) is 5.10 Å². The summed E-state index contributed by atoms with van der Waals surface area (Å²) >= 11 is 3.29. The Bertz CT molecular complexity index is 359. The maximum atomic E-state index is 12.1. The van der Waals surface area contributed by atoms with Gasteiger partial charge in [-0.3, -0.25) is 9.48 Å². The van der Waals surface area contributed by atoms with Crippen LogP contribution in [0.1, 0.15) is 31.3 Å². The van der Waals surface area contributed by atoms with E-state index in [4.69, 9.17) is 5.73 Å². The summed E-state index contributed by atoms with van der Waals surface area (Å²) in [5.41, 5.74) is 6.19. The Balaban J connectivity index is 3.06. The largest absolute Gasteiger partial charge is 0.321 e. The SMILES string of the molecule is Cn1ncc(Br)c1C(=O)C(N)C(C)(C)C. The lowest BCUT2D eigenvalue weighted by Gasteiger charge is -2.25. The standard InChI is InChI=1S/C10H16BrN3O/c1-10(2,3)9(12)8(15)7-6(11)5-13-14(7)4/h5,9H,12H2,1-4H3. The average Bonchev–Trinajstić information content (AvgIpc) is 2.42. The molecular formula is C10H16BrN3O. The summed E-state index contributed by atoms with van der Waals surface area (Å²) in [5.74, 6) is -0.0885. The van der Waals surface area contributed by atoms with Crippen LogP contribution in [0.3, 0.4) is 0 Å². The summed E-state index contributed by atoms with van der Waals surface area (Å²) < 4.78 is 2.23. The molecule has 1 heterocycles. The Hall–Kier alpha value is -0.680. The lowest BCUT2D eigenvalue weighted by Crippen LogP contribution is -2.43. The van der Waals surface area contributed by atoms with Crippen LogP contribution in [0.25, 0.3) is 0 Å². The molecule has 1 unspecified atom stereocenters. The zero-order chi connectivity index (χ0) is 11.8. The fraction of sp³-hybridized carbons (Fsp3) is 0.600. The second-order valence-corrected chi connectivity index (χ2v) is 5.53. The van der Waals surface area contributed by atoms with Crippen molar-refractivity contribution in [3.63, 3.8) is 0 Å². The van der Waals surface area contributed by atoms with Gasteiger partial charge < -0.3 is 5.73 Å². The Morgan fingerprint density at radius 2 is 2.13 bits per heavy atom. The van der Waals surface area contributed by atoms with Crippen molar-refractivity contribution in [3.05, 3.63) is 16.4 Å². The highest BCUT2D eigenvalue weighted by atomic mass is 79.9. The molecule has 0 saturated carbocycles. The first-order valence-corrected chi connectivity index (χ1v) is 5.51. The van der Waals surface area contributed by atoms with Gasteiger partial charge in [-0.05, 0) is 21.3 Å². The van der Waals surface area contributed by atoms with Crippen molar-refractivity contribution in [1.29, 1.82) is 0 Å². The topological polar surface area (TPSA) is 60.9 Å². The summed E-state index contributed by atoms with van der Waals surface area (Å²) in [4.78, 5) is 12.1. The van der Waals surface area contributed by atoms with Gasteiger partial charge in [0, 0.05) is 7.05 Å². The molecule has 15 heavy (non-hydrogen) atoms. The third-order valence-corrected chi connectivity index (χ3v) is 2.92. The van der Waals surface area contributed by atoms with Gasteiger partial charge in [0.05, 0.1) is 16.7 Å². The molecule has 84 valence electrons. The van der Waals surface area contributed by atoms with Crippen LogP contribution in [-0.4, -0.2) is 21.6 Å². The number of hydrogen-bond acceptors (Lipinski definition) is 3. The molecule has 0 fully saturated rings. The maximum Gasteiger partial charge on any atom is 0.199 e. The molecule has 0 aliphatic heterocycles. The monoisotopic (exact) mass is 273 g/mol. The quantitative estimate of drug-likeness (QED) is 0.835. The van der Waals surface area contributed by atoms with Crippen molar-refractivity contribution < 1.29 is 4.79 Å². The first-order chi connectivity index (χ1) is 6.75. The van der Waals surface area contributed by atoms with Crippen molar-refractivity contribution in [2.45, 2.75) is 26.8 Å². The molecule has 0 amide bonds. The summed E-state index contributed by atoms with van der Waals surface area (Å²) in [6.45, 7) is 5.83. The predicted octanol–water partition coefficient (Wildman–Crippen LogP) is 1.74. The van der Waals surface area contributed by atoms with E-state index in [-0.39, 0.29) is 11.2 Å². The van der Waals surface area contributed by atoms with Gasteiger partial charge in [0.1, 0.15) is 5.69 Å². The molecule has 0 aromatic carbocycles. The number of aryl methyl sites for hydroxylation is 1. The minimum Gasteiger partial charge on any atom is -0.321 e. The van der Waals surface area contributed by atoms with Crippen molar-refractivity contribution in [1.82, 2.24) is 9.78 Å². The number of ketones is 1. The summed E-state index contributed by atoms with van der Waals surface area (Å²) in [5, 5.41) is 4.00. The second-order valence-electron chi connectivity index (χ2n) is 4.67. The van der Waals surface area contributed by atoms with Crippen molar-refractivity contribution in [3.8, 4) is 0 Å². The van der Waals surface area contributed by atoms with E-state index in [1.807, 2.05) is 20.8 Å². The van der Waals surface area contributed by atoms with Crippen LogP contribution in [0.15, 0.2) is 10.7 Å². The van der Waals surface area contributed by atoms with E-state index in [0.29, 0.717) is 10.2 Å². The summed E-state index contributed by atoms with van der Waals surface area (Å²) in [6, 6.07) is -0.524. The van der Waals surface area contributed by atoms with Gasteiger partial charge in [-0.1, -0.05) is 20.8 Å². The number of nitrogens with two attached hydrogens (primary N) is 1. The fourth-order valence-electron chi connectivity index (χ4n) is 1.23. The van der Waals surface area contributed by atoms with E-state index < -0.39 is 6.04 Å². The molecule has 1 atom stereocenters. The molecule has 4 nitrogen and oxygen atoms in total. The first kappa shape index (κ1) is 12.4. The molecule has 0 aliphatic carbocycles. The number of halogens is 1. The van der Waals surface area contributed by atoms with E-state index in [0.717, 1.165) is 0 Å². The molecule has 0 bridgehead atoms. The van der Waals surface area contributed by atoms with Crippen LogP contribution in [-0.2, 0) is 7.05 Å². The summed E-state index contributed by atoms with van der Waals surface area (Å²) in [6.07, 6.45) is 1.60. The van der Waals surface area contributed by atoms with Crippen molar-refractivity contribution in [2.75, 3.05) is 0 Å². The maximum absolute atomic E-state index is 12.1. The van der Waals surface area contributed by atoms with Crippen LogP contribution in [0.2, 0.25) is 0 Å². The van der Waals surface area contributed by atoms with E-state index in [1.165, 1.54) is 4.68 Å². The highest BCUT2D eigenvalue weighted by molar-refractivity contribution is 9.10. The molecule has 0 radical (unpaired) electrons. The molecule has 1 rings (SSSR count). The predicted molar refractivity (Wildman–Crippen MR) is 62.7 cm³/mol. The lowest BCUT2D eigenvalue weighted by atomic mass is 9.84. The minimum atomic E-state index is -0.524. The Labute approximate surface area is 98.0 Å². The van der Waals surface area contributed by atoms with Crippen LogP contribution in [0, 0.1) is 5.41 Å². The number of carbonyl (C=O) groups excluding carboxylic acids is 1. The number of rotatable bonds is 2. The smallest absolute Gasteiger partial charge is 0.199 e. The third kappa shape index (κ3) is 2.46. The van der Waals surface area contributed by atoms with Gasteiger partial charge in [0.25, 0.3) is 0 Å². The second kappa shape index (κ2) is 4.06. The minimum absolute atomic E-state index is 0.0885. The molecule has 1 aromatic heterocycles. The molecule has 0 aliphatic rings. The fourth-order valence-corrected chi connectivity index (χ4v) is 1.77. The normalized spacial score (nSPS) is 14.0. The molecule has 1 aromatic rings. The van der Waals surface area contributed by atoms with Gasteiger partial charge in [0.15, 0.2) is 5.78 Å². The molecular weight excluding hydrogens is 258 g/mol. The molecule has 0 spiro atoms. The van der Waals surface area contributed by atoms with E-state index in [2.05, 4.69) is 21.0 Å². The Kier molecular flexibility index (Phi) is 3.35. The Morgan fingerprint density at radius 3 is 2.47 bits per heavy atom. The molecule has 2 N–H and O–H groups in total. The zero-order valence-corrected chi connectivity index (χ0v) is 11.0. The summed E-state index contributed by atoms with van der Waals surface area (Å²) in [7, 11) is 1.73. The molecule has 0 saturated heterocycles. The van der Waals surface area contributed by atoms with Gasteiger partial charge in [-0.25, -0.2) is 0 Å². The lowest BCUT2D eigenvalue weighted by molar-refractivity contribution is 0.0891. The van der Waals surface area contributed by atoms with Crippen LogP contribution >= 0.6 is 15.9 Å². The number of nitrogens with zero attached hydrogens (tertiary/aromatic N) is 2. The Morgan fingerprint density at radius 1 is 1.60 bits per heavy atom. The molecule has 5 heteroatoms. The van der Waals surface area contributed by atoms with Crippen LogP contribution in [0.5, 0.6) is 0 Å². The van der Waals surface area contributed by atoms with Crippen molar-refractivity contribution in [2.24, 2.45) is 18.2 Å². The number of aromatic nitrogens is 2. The van der Waals surface area contributed by atoms with Crippen LogP contribution < -0.4 is 5.73 Å². The van der Waals surface area contributed by atoms with E-state index >= 15 is 0 Å². The van der Waals surface area contributed by atoms with Gasteiger partial charge >= 0.3 is 0 Å².